The highest BCUT2D eigenvalue weighted by Gasteiger charge is 2.12. The minimum atomic E-state index is 0.778. The van der Waals surface area contributed by atoms with Crippen LogP contribution in [-0.4, -0.2) is 19.8 Å². The Hall–Kier alpha value is -0.500. The highest BCUT2D eigenvalue weighted by molar-refractivity contribution is 5.02. The maximum absolute atomic E-state index is 5.64. The van der Waals surface area contributed by atoms with Crippen LogP contribution in [-0.2, 0) is 9.47 Å². The third-order valence-corrected chi connectivity index (χ3v) is 3.87. The summed E-state index contributed by atoms with van der Waals surface area (Å²) >= 11 is 0. The lowest BCUT2D eigenvalue weighted by Crippen LogP contribution is -2.07. The van der Waals surface area contributed by atoms with Crippen molar-refractivity contribution in [1.29, 1.82) is 0 Å². The molecule has 1 saturated carbocycles. The fourth-order valence-electron chi connectivity index (χ4n) is 2.78. The lowest BCUT2D eigenvalue weighted by molar-refractivity contribution is 0.109. The van der Waals surface area contributed by atoms with E-state index < -0.39 is 0 Å². The number of allylic oxidation sites excluding steroid dienone is 1. The van der Waals surface area contributed by atoms with Gasteiger partial charge in [0.15, 0.2) is 0 Å². The molecular formula is C15H26O2. The van der Waals surface area contributed by atoms with Crippen molar-refractivity contribution in [3.63, 3.8) is 0 Å². The monoisotopic (exact) mass is 238 g/mol. The fourth-order valence-corrected chi connectivity index (χ4v) is 2.78. The van der Waals surface area contributed by atoms with Gasteiger partial charge >= 0.3 is 0 Å². The van der Waals surface area contributed by atoms with E-state index in [1.807, 2.05) is 6.26 Å². The Morgan fingerprint density at radius 3 is 2.94 bits per heavy atom. The lowest BCUT2D eigenvalue weighted by Gasteiger charge is -2.12. The van der Waals surface area contributed by atoms with Gasteiger partial charge in [-0.25, -0.2) is 0 Å². The molecule has 0 spiro atoms. The second-order valence-electron chi connectivity index (χ2n) is 5.43. The van der Waals surface area contributed by atoms with Gasteiger partial charge in [0, 0.05) is 13.2 Å². The van der Waals surface area contributed by atoms with Crippen molar-refractivity contribution in [2.24, 2.45) is 5.92 Å². The van der Waals surface area contributed by atoms with Crippen LogP contribution in [0, 0.1) is 5.92 Å². The highest BCUT2D eigenvalue weighted by Crippen LogP contribution is 2.23. The molecule has 17 heavy (non-hydrogen) atoms. The Morgan fingerprint density at radius 1 is 1.18 bits per heavy atom. The summed E-state index contributed by atoms with van der Waals surface area (Å²) < 4.78 is 11.2. The van der Waals surface area contributed by atoms with Crippen LogP contribution in [0.4, 0.5) is 0 Å². The molecule has 2 aliphatic rings. The van der Waals surface area contributed by atoms with E-state index in [0.29, 0.717) is 0 Å². The van der Waals surface area contributed by atoms with Crippen molar-refractivity contribution in [3.8, 4) is 0 Å². The first-order valence-corrected chi connectivity index (χ1v) is 7.32. The Labute approximate surface area is 105 Å². The summed E-state index contributed by atoms with van der Waals surface area (Å²) in [6.45, 7) is 2.83. The van der Waals surface area contributed by atoms with Crippen LogP contribution in [0.5, 0.6) is 0 Å². The zero-order valence-corrected chi connectivity index (χ0v) is 11.0. The highest BCUT2D eigenvalue weighted by atomic mass is 16.5. The number of hydrogen-bond donors (Lipinski definition) is 0. The standard InChI is InChI=1S/C15H26O2/c1-2-7-14(6-1)12-17-11-5-9-15-8-3-4-10-16-13-15/h12,15H,1-11,13H2. The molecule has 0 aromatic rings. The average Bonchev–Trinajstić information content (AvgIpc) is 2.72. The van der Waals surface area contributed by atoms with Gasteiger partial charge in [0.25, 0.3) is 0 Å². The predicted octanol–water partition coefficient (Wildman–Crippen LogP) is 4.06. The molecule has 0 aromatic heterocycles. The van der Waals surface area contributed by atoms with Crippen LogP contribution >= 0.6 is 0 Å². The first-order valence-electron chi connectivity index (χ1n) is 7.32. The molecule has 0 radical (unpaired) electrons. The van der Waals surface area contributed by atoms with E-state index in [4.69, 9.17) is 9.47 Å². The molecule has 1 aliphatic heterocycles. The molecule has 1 atom stereocenters. The van der Waals surface area contributed by atoms with Gasteiger partial charge < -0.3 is 9.47 Å². The summed E-state index contributed by atoms with van der Waals surface area (Å²) in [6, 6.07) is 0. The molecule has 1 heterocycles. The van der Waals surface area contributed by atoms with Gasteiger partial charge in [-0.1, -0.05) is 6.42 Å². The molecule has 2 nitrogen and oxygen atoms in total. The van der Waals surface area contributed by atoms with Gasteiger partial charge in [0.05, 0.1) is 12.9 Å². The van der Waals surface area contributed by atoms with Gasteiger partial charge in [-0.2, -0.15) is 0 Å². The minimum absolute atomic E-state index is 0.778. The fraction of sp³-hybridized carbons (Fsp3) is 0.867. The Kier molecular flexibility index (Phi) is 5.90. The van der Waals surface area contributed by atoms with Gasteiger partial charge in [-0.15, -0.1) is 0 Å². The quantitative estimate of drug-likeness (QED) is 0.531. The third kappa shape index (κ3) is 5.12. The summed E-state index contributed by atoms with van der Waals surface area (Å²) in [7, 11) is 0. The molecular weight excluding hydrogens is 212 g/mol. The normalized spacial score (nSPS) is 25.6. The SMILES string of the molecule is C(OCCCC1CCCCOC1)=C1CCCC1. The molecule has 98 valence electrons. The maximum atomic E-state index is 5.64. The smallest absolute Gasteiger partial charge is 0.0873 e. The topological polar surface area (TPSA) is 18.5 Å². The molecule has 2 fully saturated rings. The molecule has 0 bridgehead atoms. The molecule has 0 aromatic carbocycles. The lowest BCUT2D eigenvalue weighted by atomic mass is 9.99. The van der Waals surface area contributed by atoms with E-state index in [1.165, 1.54) is 63.4 Å². The molecule has 2 rings (SSSR count). The number of rotatable bonds is 5. The van der Waals surface area contributed by atoms with E-state index in [1.54, 1.807) is 0 Å². The van der Waals surface area contributed by atoms with Crippen LogP contribution < -0.4 is 0 Å². The molecule has 1 unspecified atom stereocenters. The Bertz CT molecular complexity index is 219. The maximum Gasteiger partial charge on any atom is 0.0873 e. The predicted molar refractivity (Wildman–Crippen MR) is 69.9 cm³/mol. The van der Waals surface area contributed by atoms with Gasteiger partial charge in [-0.3, -0.25) is 0 Å². The zero-order valence-electron chi connectivity index (χ0n) is 11.0. The Balaban J connectivity index is 1.51. The van der Waals surface area contributed by atoms with Crippen LogP contribution in [0.15, 0.2) is 11.8 Å². The van der Waals surface area contributed by atoms with Crippen molar-refractivity contribution in [2.75, 3.05) is 19.8 Å². The summed E-state index contributed by atoms with van der Waals surface area (Å²) in [6.07, 6.45) is 13.6. The largest absolute Gasteiger partial charge is 0.501 e. The van der Waals surface area contributed by atoms with Gasteiger partial charge in [-0.05, 0) is 62.9 Å². The Morgan fingerprint density at radius 2 is 2.06 bits per heavy atom. The van der Waals surface area contributed by atoms with Crippen molar-refractivity contribution >= 4 is 0 Å². The van der Waals surface area contributed by atoms with Crippen LogP contribution in [0.3, 0.4) is 0 Å². The van der Waals surface area contributed by atoms with E-state index in [9.17, 15) is 0 Å². The minimum Gasteiger partial charge on any atom is -0.501 e. The van der Waals surface area contributed by atoms with Crippen molar-refractivity contribution < 1.29 is 9.47 Å². The van der Waals surface area contributed by atoms with Crippen molar-refractivity contribution in [3.05, 3.63) is 11.8 Å². The second-order valence-corrected chi connectivity index (χ2v) is 5.43. The van der Waals surface area contributed by atoms with E-state index in [2.05, 4.69) is 0 Å². The van der Waals surface area contributed by atoms with Gasteiger partial charge in [0.2, 0.25) is 0 Å². The van der Waals surface area contributed by atoms with Crippen molar-refractivity contribution in [1.82, 2.24) is 0 Å². The zero-order chi connectivity index (χ0) is 11.8. The third-order valence-electron chi connectivity index (χ3n) is 3.87. The summed E-state index contributed by atoms with van der Waals surface area (Å²) in [5, 5.41) is 0. The molecule has 2 heteroatoms. The molecule has 0 N–H and O–H groups in total. The summed E-state index contributed by atoms with van der Waals surface area (Å²) in [5.41, 5.74) is 1.52. The van der Waals surface area contributed by atoms with Crippen LogP contribution in [0.25, 0.3) is 0 Å². The van der Waals surface area contributed by atoms with E-state index in [0.717, 1.165) is 25.7 Å². The number of ether oxygens (including phenoxy) is 2. The summed E-state index contributed by atoms with van der Waals surface area (Å²) in [4.78, 5) is 0. The first kappa shape index (κ1) is 12.9. The number of hydrogen-bond acceptors (Lipinski definition) is 2. The first-order chi connectivity index (χ1) is 8.45. The van der Waals surface area contributed by atoms with E-state index in [-0.39, 0.29) is 0 Å². The molecule has 1 aliphatic carbocycles. The van der Waals surface area contributed by atoms with Crippen LogP contribution in [0.1, 0.15) is 57.8 Å². The average molecular weight is 238 g/mol. The summed E-state index contributed by atoms with van der Waals surface area (Å²) in [5.74, 6) is 0.778. The van der Waals surface area contributed by atoms with Crippen LogP contribution in [0.2, 0.25) is 0 Å². The van der Waals surface area contributed by atoms with Gasteiger partial charge in [0.1, 0.15) is 0 Å². The second kappa shape index (κ2) is 7.75. The van der Waals surface area contributed by atoms with Crippen molar-refractivity contribution in [2.45, 2.75) is 57.8 Å². The molecule has 1 saturated heterocycles. The molecule has 0 amide bonds. The van der Waals surface area contributed by atoms with E-state index >= 15 is 0 Å².